The summed E-state index contributed by atoms with van der Waals surface area (Å²) in [5.74, 6) is 8.98. The van der Waals surface area contributed by atoms with E-state index in [9.17, 15) is 8.78 Å². The fourth-order valence-electron chi connectivity index (χ4n) is 2.83. The van der Waals surface area contributed by atoms with E-state index in [1.165, 1.54) is 23.3 Å². The number of hydrogen-bond acceptors (Lipinski definition) is 0. The molecule has 2 heteroatoms. The summed E-state index contributed by atoms with van der Waals surface area (Å²) in [4.78, 5) is 0. The maximum atomic E-state index is 14.4. The van der Waals surface area contributed by atoms with Gasteiger partial charge >= 0.3 is 0 Å². The first-order valence-electron chi connectivity index (χ1n) is 9.90. The number of allylic oxidation sites excluding steroid dienone is 1. The monoisotopic (exact) mass is 396 g/mol. The van der Waals surface area contributed by atoms with Crippen molar-refractivity contribution in [3.05, 3.63) is 112 Å². The molecule has 0 radical (unpaired) electrons. The fraction of sp³-hybridized carbons (Fsp3) is 0.143. The molecule has 3 aromatic carbocycles. The van der Waals surface area contributed by atoms with Crippen LogP contribution in [0.2, 0.25) is 0 Å². The van der Waals surface area contributed by atoms with E-state index in [4.69, 9.17) is 0 Å². The molecular formula is C28H22F2. The Hall–Kier alpha value is -3.62. The third-order valence-electron chi connectivity index (χ3n) is 4.54. The first kappa shape index (κ1) is 21.1. The van der Waals surface area contributed by atoms with Gasteiger partial charge < -0.3 is 0 Å². The number of hydrogen-bond donors (Lipinski definition) is 0. The molecule has 0 aromatic heterocycles. The van der Waals surface area contributed by atoms with Gasteiger partial charge in [-0.2, -0.15) is 4.39 Å². The highest BCUT2D eigenvalue weighted by atomic mass is 19.2. The molecule has 0 unspecified atom stereocenters. The molecule has 0 aliphatic rings. The summed E-state index contributed by atoms with van der Waals surface area (Å²) in [5.41, 5.74) is 4.80. The van der Waals surface area contributed by atoms with Crippen LogP contribution in [0.4, 0.5) is 8.78 Å². The van der Waals surface area contributed by atoms with Crippen molar-refractivity contribution < 1.29 is 8.78 Å². The van der Waals surface area contributed by atoms with Crippen LogP contribution in [-0.4, -0.2) is 0 Å². The van der Waals surface area contributed by atoms with Crippen LogP contribution in [0.5, 0.6) is 0 Å². The number of aryl methyl sites for hydroxylation is 2. The smallest absolute Gasteiger partial charge is 0.202 e. The molecule has 0 bridgehead atoms. The van der Waals surface area contributed by atoms with Crippen molar-refractivity contribution in [2.75, 3.05) is 0 Å². The molecule has 0 nitrogen and oxygen atoms in total. The molecule has 30 heavy (non-hydrogen) atoms. The molecule has 0 aliphatic heterocycles. The second-order valence-corrected chi connectivity index (χ2v) is 7.02. The minimum absolute atomic E-state index is 0.140. The lowest BCUT2D eigenvalue weighted by Crippen LogP contribution is -1.84. The molecule has 3 aromatic rings. The molecular weight excluding hydrogens is 374 g/mol. The number of halogens is 2. The maximum Gasteiger partial charge on any atom is 0.209 e. The summed E-state index contributed by atoms with van der Waals surface area (Å²) in [6.07, 6.45) is 2.05. The van der Waals surface area contributed by atoms with Crippen LogP contribution in [-0.2, 0) is 6.42 Å². The van der Waals surface area contributed by atoms with Crippen LogP contribution in [0.3, 0.4) is 0 Å². The van der Waals surface area contributed by atoms with Gasteiger partial charge in [-0.25, -0.2) is 4.39 Å². The normalized spacial score (nSPS) is 10.9. The van der Waals surface area contributed by atoms with Crippen LogP contribution >= 0.6 is 0 Å². The lowest BCUT2D eigenvalue weighted by atomic mass is 10.1. The van der Waals surface area contributed by atoms with E-state index in [1.807, 2.05) is 55.5 Å². The van der Waals surface area contributed by atoms with E-state index in [0.717, 1.165) is 24.0 Å². The SMILES string of the molecule is CCCc1ccc(C#C/C(F)=C(\F)c2ccc(C#Cc3ccc(C)cc3)cc2)cc1. The predicted octanol–water partition coefficient (Wildman–Crippen LogP) is 7.01. The van der Waals surface area contributed by atoms with E-state index >= 15 is 0 Å². The van der Waals surface area contributed by atoms with Crippen LogP contribution in [0.15, 0.2) is 78.6 Å². The van der Waals surface area contributed by atoms with Crippen molar-refractivity contribution in [3.8, 4) is 23.7 Å². The Morgan fingerprint density at radius 3 is 1.77 bits per heavy atom. The van der Waals surface area contributed by atoms with Gasteiger partial charge in [0.05, 0.1) is 0 Å². The molecule has 0 atom stereocenters. The first-order valence-corrected chi connectivity index (χ1v) is 9.90. The van der Waals surface area contributed by atoms with Gasteiger partial charge in [0.25, 0.3) is 0 Å². The Labute approximate surface area is 177 Å². The lowest BCUT2D eigenvalue weighted by molar-refractivity contribution is 0.635. The van der Waals surface area contributed by atoms with Gasteiger partial charge in [-0.3, -0.25) is 0 Å². The number of benzene rings is 3. The van der Waals surface area contributed by atoms with Gasteiger partial charge in [0.1, 0.15) is 0 Å². The van der Waals surface area contributed by atoms with Crippen molar-refractivity contribution in [2.24, 2.45) is 0 Å². The van der Waals surface area contributed by atoms with E-state index in [-0.39, 0.29) is 5.56 Å². The molecule has 0 fully saturated rings. The van der Waals surface area contributed by atoms with Gasteiger partial charge in [0.2, 0.25) is 5.83 Å². The summed E-state index contributed by atoms with van der Waals surface area (Å²) < 4.78 is 28.6. The second-order valence-electron chi connectivity index (χ2n) is 7.02. The zero-order chi connectivity index (χ0) is 21.3. The molecule has 0 saturated carbocycles. The van der Waals surface area contributed by atoms with Crippen molar-refractivity contribution in [1.82, 2.24) is 0 Å². The maximum absolute atomic E-state index is 14.4. The van der Waals surface area contributed by atoms with Crippen LogP contribution < -0.4 is 0 Å². The lowest BCUT2D eigenvalue weighted by Gasteiger charge is -1.99. The largest absolute Gasteiger partial charge is 0.209 e. The van der Waals surface area contributed by atoms with Crippen molar-refractivity contribution in [3.63, 3.8) is 0 Å². The molecule has 0 amide bonds. The van der Waals surface area contributed by atoms with E-state index in [0.29, 0.717) is 5.56 Å². The quantitative estimate of drug-likeness (QED) is 0.418. The Bertz CT molecular complexity index is 1140. The summed E-state index contributed by atoms with van der Waals surface area (Å²) in [6.45, 7) is 4.13. The van der Waals surface area contributed by atoms with E-state index < -0.39 is 11.7 Å². The van der Waals surface area contributed by atoms with Gasteiger partial charge in [-0.15, -0.1) is 0 Å². The first-order chi connectivity index (χ1) is 14.5. The predicted molar refractivity (Wildman–Crippen MR) is 120 cm³/mol. The zero-order valence-corrected chi connectivity index (χ0v) is 17.1. The Morgan fingerprint density at radius 1 is 0.700 bits per heavy atom. The Kier molecular flexibility index (Phi) is 7.20. The van der Waals surface area contributed by atoms with E-state index in [2.05, 4.69) is 30.6 Å². The Morgan fingerprint density at radius 2 is 1.20 bits per heavy atom. The zero-order valence-electron chi connectivity index (χ0n) is 17.1. The minimum atomic E-state index is -1.08. The second kappa shape index (κ2) is 10.2. The van der Waals surface area contributed by atoms with E-state index in [1.54, 1.807) is 12.1 Å². The Balaban J connectivity index is 1.72. The van der Waals surface area contributed by atoms with Crippen molar-refractivity contribution in [1.29, 1.82) is 0 Å². The summed E-state index contributed by atoms with van der Waals surface area (Å²) in [7, 11) is 0. The van der Waals surface area contributed by atoms with Crippen LogP contribution in [0.25, 0.3) is 5.83 Å². The molecule has 3 rings (SSSR count). The van der Waals surface area contributed by atoms with Gasteiger partial charge in [0, 0.05) is 22.3 Å². The highest BCUT2D eigenvalue weighted by Crippen LogP contribution is 2.21. The summed E-state index contributed by atoms with van der Waals surface area (Å²) >= 11 is 0. The van der Waals surface area contributed by atoms with Crippen molar-refractivity contribution >= 4 is 5.83 Å². The van der Waals surface area contributed by atoms with Crippen LogP contribution in [0, 0.1) is 30.6 Å². The average molecular weight is 396 g/mol. The summed E-state index contributed by atoms with van der Waals surface area (Å²) in [5, 5.41) is 0. The molecule has 0 spiro atoms. The topological polar surface area (TPSA) is 0 Å². The molecule has 0 aliphatic carbocycles. The average Bonchev–Trinajstić information content (AvgIpc) is 2.78. The highest BCUT2D eigenvalue weighted by molar-refractivity contribution is 5.66. The van der Waals surface area contributed by atoms with Gasteiger partial charge in [-0.1, -0.05) is 73.1 Å². The summed E-state index contributed by atoms with van der Waals surface area (Å²) in [6, 6.07) is 21.8. The van der Waals surface area contributed by atoms with Gasteiger partial charge in [0.15, 0.2) is 5.83 Å². The fourth-order valence-corrected chi connectivity index (χ4v) is 2.83. The molecule has 0 saturated heterocycles. The third-order valence-corrected chi connectivity index (χ3v) is 4.54. The third kappa shape index (κ3) is 5.94. The standard InChI is InChI=1S/C28H22F2/c1-3-4-22-9-11-24(12-10-22)17-20-27(29)28(30)26-18-15-25(16-19-26)14-13-23-7-5-21(2)6-8-23/h5-12,15-16,18-19H,3-4H2,1-2H3/b28-27+. The minimum Gasteiger partial charge on any atom is -0.202 e. The van der Waals surface area contributed by atoms with Crippen LogP contribution in [0.1, 0.15) is 46.7 Å². The molecule has 0 heterocycles. The molecule has 148 valence electrons. The van der Waals surface area contributed by atoms with Crippen molar-refractivity contribution in [2.45, 2.75) is 26.7 Å². The highest BCUT2D eigenvalue weighted by Gasteiger charge is 2.07. The number of rotatable bonds is 3. The van der Waals surface area contributed by atoms with Gasteiger partial charge in [-0.05, 0) is 61.2 Å². The molecule has 0 N–H and O–H groups in total.